The lowest BCUT2D eigenvalue weighted by molar-refractivity contribution is -0.129. The molecule has 0 saturated heterocycles. The predicted octanol–water partition coefficient (Wildman–Crippen LogP) is 3.63. The Balaban J connectivity index is 2.25. The maximum Gasteiger partial charge on any atom is 0.196 e. The van der Waals surface area contributed by atoms with E-state index in [9.17, 15) is 34.5 Å². The first-order chi connectivity index (χ1) is 15.3. The Labute approximate surface area is 193 Å². The molecule has 3 rings (SSSR count). The van der Waals surface area contributed by atoms with Gasteiger partial charge in [0.05, 0.1) is 17.9 Å². The van der Waals surface area contributed by atoms with Gasteiger partial charge in [0, 0.05) is 23.3 Å². The van der Waals surface area contributed by atoms with Crippen LogP contribution in [0.4, 0.5) is 0 Å². The van der Waals surface area contributed by atoms with Crippen LogP contribution in [0, 0.1) is 17.8 Å². The summed E-state index contributed by atoms with van der Waals surface area (Å²) in [6.07, 6.45) is 0.464. The van der Waals surface area contributed by atoms with E-state index in [1.54, 1.807) is 6.07 Å². The standard InChI is InChI=1S/C26H32O7/c1-12(28)8-19(30)20-14(6-7-27)9-15-10-17-16(13(2)29)11-18(26(3,4)5)23(31)22(17)25(33)21(15)24(20)32/h11,14-15,20,27,31-32H,6-10H2,1-5H3. The predicted molar refractivity (Wildman–Crippen MR) is 122 cm³/mol. The number of ketones is 4. The molecule has 0 radical (unpaired) electrons. The van der Waals surface area contributed by atoms with Crippen LogP contribution in [-0.4, -0.2) is 45.1 Å². The molecule has 0 aliphatic heterocycles. The Morgan fingerprint density at radius 1 is 1.12 bits per heavy atom. The molecule has 3 N–H and O–H groups in total. The number of phenolic OH excluding ortho intramolecular Hbond substituents is 1. The average Bonchev–Trinajstić information content (AvgIpc) is 2.66. The molecule has 1 aromatic rings. The van der Waals surface area contributed by atoms with E-state index >= 15 is 0 Å². The average molecular weight is 457 g/mol. The van der Waals surface area contributed by atoms with Crippen molar-refractivity contribution in [3.05, 3.63) is 39.7 Å². The first kappa shape index (κ1) is 24.8. The molecule has 3 atom stereocenters. The van der Waals surface area contributed by atoms with E-state index in [0.29, 0.717) is 23.1 Å². The van der Waals surface area contributed by atoms with E-state index in [4.69, 9.17) is 0 Å². The first-order valence-corrected chi connectivity index (χ1v) is 11.3. The van der Waals surface area contributed by atoms with Crippen LogP contribution in [-0.2, 0) is 21.4 Å². The van der Waals surface area contributed by atoms with E-state index < -0.39 is 34.7 Å². The molecule has 33 heavy (non-hydrogen) atoms. The summed E-state index contributed by atoms with van der Waals surface area (Å²) in [5, 5.41) is 31.7. The molecule has 178 valence electrons. The third-order valence-corrected chi connectivity index (χ3v) is 6.82. The second kappa shape index (κ2) is 8.86. The minimum absolute atomic E-state index is 0.00352. The lowest BCUT2D eigenvalue weighted by Crippen LogP contribution is -2.40. The van der Waals surface area contributed by atoms with Gasteiger partial charge in [-0.2, -0.15) is 0 Å². The van der Waals surface area contributed by atoms with Crippen molar-refractivity contribution >= 4 is 23.1 Å². The number of hydrogen-bond donors (Lipinski definition) is 3. The van der Waals surface area contributed by atoms with Crippen LogP contribution in [0.3, 0.4) is 0 Å². The molecule has 0 heterocycles. The van der Waals surface area contributed by atoms with Crippen LogP contribution in [0.2, 0.25) is 0 Å². The van der Waals surface area contributed by atoms with Crippen LogP contribution < -0.4 is 0 Å². The van der Waals surface area contributed by atoms with Gasteiger partial charge in [-0.3, -0.25) is 19.2 Å². The summed E-state index contributed by atoms with van der Waals surface area (Å²) in [7, 11) is 0. The first-order valence-electron chi connectivity index (χ1n) is 11.3. The number of aliphatic hydroxyl groups excluding tert-OH is 2. The lowest BCUT2D eigenvalue weighted by Gasteiger charge is -2.39. The van der Waals surface area contributed by atoms with Crippen molar-refractivity contribution in [1.82, 2.24) is 0 Å². The zero-order valence-electron chi connectivity index (χ0n) is 19.8. The molecule has 2 aliphatic rings. The molecule has 3 unspecified atom stereocenters. The maximum absolute atomic E-state index is 13.7. The zero-order valence-corrected chi connectivity index (χ0v) is 19.8. The number of fused-ring (bicyclic) bond motifs is 2. The summed E-state index contributed by atoms with van der Waals surface area (Å²) >= 11 is 0. The number of carbonyl (C=O) groups excluding carboxylic acids is 4. The molecule has 2 aliphatic carbocycles. The fraction of sp³-hybridized carbons (Fsp3) is 0.538. The Morgan fingerprint density at radius 3 is 2.27 bits per heavy atom. The van der Waals surface area contributed by atoms with Crippen LogP contribution in [0.5, 0.6) is 5.75 Å². The highest BCUT2D eigenvalue weighted by molar-refractivity contribution is 6.16. The Hall–Kier alpha value is -2.80. The van der Waals surface area contributed by atoms with E-state index in [1.807, 2.05) is 20.8 Å². The Kier molecular flexibility index (Phi) is 6.67. The molecule has 0 spiro atoms. The van der Waals surface area contributed by atoms with Crippen molar-refractivity contribution in [2.45, 2.75) is 65.7 Å². The van der Waals surface area contributed by atoms with E-state index in [2.05, 4.69) is 0 Å². The summed E-state index contributed by atoms with van der Waals surface area (Å²) in [6.45, 7) is 8.08. The molecular weight excluding hydrogens is 424 g/mol. The second-order valence-corrected chi connectivity index (χ2v) is 10.3. The molecule has 0 fully saturated rings. The van der Waals surface area contributed by atoms with E-state index in [1.165, 1.54) is 13.8 Å². The molecule has 0 amide bonds. The van der Waals surface area contributed by atoms with Gasteiger partial charge in [-0.1, -0.05) is 20.8 Å². The van der Waals surface area contributed by atoms with Gasteiger partial charge in [0.25, 0.3) is 0 Å². The summed E-state index contributed by atoms with van der Waals surface area (Å²) in [5.41, 5.74) is 0.800. The van der Waals surface area contributed by atoms with Crippen LogP contribution >= 0.6 is 0 Å². The summed E-state index contributed by atoms with van der Waals surface area (Å²) < 4.78 is 0. The van der Waals surface area contributed by atoms with Gasteiger partial charge < -0.3 is 15.3 Å². The highest BCUT2D eigenvalue weighted by Gasteiger charge is 2.47. The summed E-state index contributed by atoms with van der Waals surface area (Å²) in [6, 6.07) is 1.64. The Morgan fingerprint density at radius 2 is 1.76 bits per heavy atom. The van der Waals surface area contributed by atoms with Crippen LogP contribution in [0.25, 0.3) is 0 Å². The third-order valence-electron chi connectivity index (χ3n) is 6.82. The number of phenols is 1. The van der Waals surface area contributed by atoms with Crippen molar-refractivity contribution < 1.29 is 34.5 Å². The largest absolute Gasteiger partial charge is 0.511 e. The number of rotatable bonds is 6. The molecule has 1 aromatic carbocycles. The molecule has 0 aromatic heterocycles. The number of benzene rings is 1. The van der Waals surface area contributed by atoms with E-state index in [-0.39, 0.29) is 60.1 Å². The van der Waals surface area contributed by atoms with Gasteiger partial charge in [-0.25, -0.2) is 0 Å². The minimum atomic E-state index is -1.06. The summed E-state index contributed by atoms with van der Waals surface area (Å²) in [5.74, 6) is -4.19. The number of Topliss-reactive ketones (excluding diaryl/α,β-unsaturated/α-hetero) is 4. The van der Waals surface area contributed by atoms with Crippen molar-refractivity contribution in [3.63, 3.8) is 0 Å². The van der Waals surface area contributed by atoms with Gasteiger partial charge >= 0.3 is 0 Å². The minimum Gasteiger partial charge on any atom is -0.511 e. The molecule has 0 bridgehead atoms. The smallest absolute Gasteiger partial charge is 0.196 e. The van der Waals surface area contributed by atoms with Gasteiger partial charge in [-0.05, 0) is 62.0 Å². The van der Waals surface area contributed by atoms with Crippen molar-refractivity contribution in [1.29, 1.82) is 0 Å². The number of carbonyl (C=O) groups is 4. The fourth-order valence-electron chi connectivity index (χ4n) is 5.36. The number of aromatic hydroxyl groups is 1. The number of hydrogen-bond acceptors (Lipinski definition) is 7. The fourth-order valence-corrected chi connectivity index (χ4v) is 5.36. The normalized spacial score (nSPS) is 22.6. The topological polar surface area (TPSA) is 129 Å². The van der Waals surface area contributed by atoms with E-state index in [0.717, 1.165) is 0 Å². The Bertz CT molecular complexity index is 1070. The molecule has 7 nitrogen and oxygen atoms in total. The SMILES string of the molecule is CC(=O)CC(=O)C1C(O)=C2C(=O)c3c(O)c(C(C)(C)C)cc(C(C)=O)c3CC2CC1CCO. The maximum atomic E-state index is 13.7. The van der Waals surface area contributed by atoms with Gasteiger partial charge in [0.15, 0.2) is 17.3 Å². The van der Waals surface area contributed by atoms with Crippen LogP contribution in [0.15, 0.2) is 17.4 Å². The van der Waals surface area contributed by atoms with Gasteiger partial charge in [0.2, 0.25) is 0 Å². The van der Waals surface area contributed by atoms with Crippen molar-refractivity contribution in [3.8, 4) is 5.75 Å². The molecule has 0 saturated carbocycles. The van der Waals surface area contributed by atoms with Crippen LogP contribution in [0.1, 0.15) is 85.7 Å². The number of aliphatic hydroxyl groups is 2. The second-order valence-electron chi connectivity index (χ2n) is 10.3. The third kappa shape index (κ3) is 4.38. The molecule has 7 heteroatoms. The number of allylic oxidation sites excluding steroid dienone is 2. The highest BCUT2D eigenvalue weighted by atomic mass is 16.3. The monoisotopic (exact) mass is 456 g/mol. The highest BCUT2D eigenvalue weighted by Crippen LogP contribution is 2.49. The van der Waals surface area contributed by atoms with Crippen molar-refractivity contribution in [2.75, 3.05) is 6.61 Å². The lowest BCUT2D eigenvalue weighted by atomic mass is 9.63. The quantitative estimate of drug-likeness (QED) is 0.440. The van der Waals surface area contributed by atoms with Gasteiger partial charge in [-0.15, -0.1) is 0 Å². The zero-order chi connectivity index (χ0) is 24.8. The molecular formula is C26H32O7. The van der Waals surface area contributed by atoms with Crippen molar-refractivity contribution in [2.24, 2.45) is 17.8 Å². The summed E-state index contributed by atoms with van der Waals surface area (Å²) in [4.78, 5) is 50.5. The van der Waals surface area contributed by atoms with Gasteiger partial charge in [0.1, 0.15) is 17.3 Å².